The molecule has 0 bridgehead atoms. The molecule has 0 amide bonds. The molecule has 0 aliphatic rings. The van der Waals surface area contributed by atoms with Crippen molar-refractivity contribution >= 4 is 5.97 Å². The Labute approximate surface area is 119 Å². The molecule has 0 aliphatic carbocycles. The third kappa shape index (κ3) is 3.01. The lowest BCUT2D eigenvalue weighted by atomic mass is 9.94. The van der Waals surface area contributed by atoms with Crippen LogP contribution in [0.15, 0.2) is 42.7 Å². The van der Waals surface area contributed by atoms with E-state index in [0.717, 1.165) is 11.8 Å². The van der Waals surface area contributed by atoms with Gasteiger partial charge in [-0.25, -0.2) is 13.6 Å². The Kier molecular flexibility index (Phi) is 3.67. The lowest BCUT2D eigenvalue weighted by molar-refractivity contribution is -0.168. The molecule has 0 fully saturated rings. The smallest absolute Gasteiger partial charge is 0.355 e. The van der Waals surface area contributed by atoms with Crippen LogP contribution in [0, 0.1) is 0 Å². The first-order valence-electron chi connectivity index (χ1n) is 6.15. The molecule has 1 atom stereocenters. The van der Waals surface area contributed by atoms with E-state index in [1.807, 2.05) is 0 Å². The summed E-state index contributed by atoms with van der Waals surface area (Å²) in [6.07, 6.45) is 2.87. The molecule has 1 N–H and O–H groups in total. The van der Waals surface area contributed by atoms with Crippen LogP contribution >= 0.6 is 0 Å². The lowest BCUT2D eigenvalue weighted by Crippen LogP contribution is -2.43. The van der Waals surface area contributed by atoms with E-state index in [1.54, 1.807) is 6.07 Å². The number of nitrogens with zero attached hydrogens (tertiary/aromatic N) is 2. The molecule has 0 aliphatic heterocycles. The zero-order valence-corrected chi connectivity index (χ0v) is 11.5. The monoisotopic (exact) mass is 296 g/mol. The van der Waals surface area contributed by atoms with Crippen molar-refractivity contribution in [1.29, 1.82) is 0 Å². The number of hydrogen-bond donors (Lipinski definition) is 1. The maximum absolute atomic E-state index is 13.2. The van der Waals surface area contributed by atoms with Gasteiger partial charge in [0.25, 0.3) is 11.5 Å². The van der Waals surface area contributed by atoms with Gasteiger partial charge >= 0.3 is 5.97 Å². The fourth-order valence-corrected chi connectivity index (χ4v) is 1.79. The Hall–Kier alpha value is -2.44. The zero-order valence-electron chi connectivity index (χ0n) is 11.5. The standard InChI is InChI=1S/C14H14F2N2O3/c1-13(12(19)20,21-18-9-3-8-17-18)10-4-6-11(7-5-10)14(2,15)16/h3-9H,1-2H3,(H,19,20). The summed E-state index contributed by atoms with van der Waals surface area (Å²) in [5, 5.41) is 13.2. The summed E-state index contributed by atoms with van der Waals surface area (Å²) >= 11 is 0. The number of carboxylic acid groups (broad SMARTS) is 1. The summed E-state index contributed by atoms with van der Waals surface area (Å²) < 4.78 is 26.4. The van der Waals surface area contributed by atoms with Crippen LogP contribution < -0.4 is 4.84 Å². The first-order chi connectivity index (χ1) is 9.73. The minimum absolute atomic E-state index is 0.196. The molecule has 1 aromatic carbocycles. The third-order valence-electron chi connectivity index (χ3n) is 3.11. The van der Waals surface area contributed by atoms with E-state index >= 15 is 0 Å². The van der Waals surface area contributed by atoms with Gasteiger partial charge in [0, 0.05) is 18.1 Å². The van der Waals surface area contributed by atoms with Gasteiger partial charge in [0.1, 0.15) is 0 Å². The third-order valence-corrected chi connectivity index (χ3v) is 3.11. The second-order valence-electron chi connectivity index (χ2n) is 4.80. The highest BCUT2D eigenvalue weighted by atomic mass is 19.3. The second-order valence-corrected chi connectivity index (χ2v) is 4.80. The largest absolute Gasteiger partial charge is 0.478 e. The second kappa shape index (κ2) is 5.16. The Balaban J connectivity index is 2.36. The van der Waals surface area contributed by atoms with Crippen molar-refractivity contribution < 1.29 is 23.5 Å². The summed E-state index contributed by atoms with van der Waals surface area (Å²) in [5.74, 6) is -4.24. The average Bonchev–Trinajstić information content (AvgIpc) is 2.90. The van der Waals surface area contributed by atoms with Crippen molar-refractivity contribution in [2.24, 2.45) is 0 Å². The normalized spacial score (nSPS) is 14.5. The fraction of sp³-hybridized carbons (Fsp3) is 0.286. The minimum Gasteiger partial charge on any atom is -0.478 e. The number of carbonyl (C=O) groups is 1. The molecule has 1 heterocycles. The van der Waals surface area contributed by atoms with Crippen LogP contribution in [-0.2, 0) is 16.3 Å². The number of aliphatic carboxylic acids is 1. The number of rotatable bonds is 5. The molecule has 0 radical (unpaired) electrons. The van der Waals surface area contributed by atoms with E-state index in [9.17, 15) is 18.7 Å². The van der Waals surface area contributed by atoms with Gasteiger partial charge in [-0.05, 0) is 13.0 Å². The van der Waals surface area contributed by atoms with Crippen LogP contribution in [0.2, 0.25) is 0 Å². The summed E-state index contributed by atoms with van der Waals surface area (Å²) in [7, 11) is 0. The van der Waals surface area contributed by atoms with E-state index in [1.165, 1.54) is 43.6 Å². The quantitative estimate of drug-likeness (QED) is 0.920. The molecule has 1 aromatic heterocycles. The first kappa shape index (κ1) is 15.0. The molecular weight excluding hydrogens is 282 g/mol. The zero-order chi connectivity index (χ0) is 15.7. The van der Waals surface area contributed by atoms with Gasteiger partial charge in [-0.1, -0.05) is 24.3 Å². The molecule has 2 aromatic rings. The van der Waals surface area contributed by atoms with Crippen molar-refractivity contribution in [3.05, 3.63) is 53.9 Å². The van der Waals surface area contributed by atoms with E-state index in [2.05, 4.69) is 5.10 Å². The molecule has 112 valence electrons. The molecule has 2 rings (SSSR count). The number of benzene rings is 1. The molecule has 1 unspecified atom stereocenters. The Bertz CT molecular complexity index is 621. The maximum Gasteiger partial charge on any atom is 0.355 e. The van der Waals surface area contributed by atoms with E-state index in [0.29, 0.717) is 0 Å². The Morgan fingerprint density at radius 1 is 1.24 bits per heavy atom. The molecule has 7 heteroatoms. The van der Waals surface area contributed by atoms with Crippen molar-refractivity contribution in [1.82, 2.24) is 9.94 Å². The SMILES string of the molecule is CC(F)(F)c1ccc(C(C)(On2cccn2)C(=O)O)cc1. The highest BCUT2D eigenvalue weighted by Crippen LogP contribution is 2.30. The van der Waals surface area contributed by atoms with Crippen LogP contribution in [-0.4, -0.2) is 21.0 Å². The van der Waals surface area contributed by atoms with Gasteiger partial charge in [-0.3, -0.25) is 0 Å². The molecule has 5 nitrogen and oxygen atoms in total. The molecule has 0 saturated carbocycles. The number of carboxylic acids is 1. The van der Waals surface area contributed by atoms with Crippen LogP contribution in [0.4, 0.5) is 8.78 Å². The van der Waals surface area contributed by atoms with Gasteiger partial charge in [0.2, 0.25) is 0 Å². The predicted octanol–water partition coefficient (Wildman–Crippen LogP) is 2.42. The van der Waals surface area contributed by atoms with Crippen molar-refractivity contribution in [2.75, 3.05) is 0 Å². The van der Waals surface area contributed by atoms with Crippen molar-refractivity contribution in [2.45, 2.75) is 25.4 Å². The van der Waals surface area contributed by atoms with Crippen molar-refractivity contribution in [3.63, 3.8) is 0 Å². The van der Waals surface area contributed by atoms with Crippen LogP contribution in [0.5, 0.6) is 0 Å². The summed E-state index contributed by atoms with van der Waals surface area (Å²) in [5.41, 5.74) is -1.70. The minimum atomic E-state index is -2.99. The highest BCUT2D eigenvalue weighted by molar-refractivity contribution is 5.79. The summed E-state index contributed by atoms with van der Waals surface area (Å²) in [4.78, 5) is 17.9. The fourth-order valence-electron chi connectivity index (χ4n) is 1.79. The Morgan fingerprint density at radius 3 is 2.24 bits per heavy atom. The van der Waals surface area contributed by atoms with Gasteiger partial charge in [0.15, 0.2) is 0 Å². The van der Waals surface area contributed by atoms with Crippen molar-refractivity contribution in [3.8, 4) is 0 Å². The highest BCUT2D eigenvalue weighted by Gasteiger charge is 2.39. The van der Waals surface area contributed by atoms with Crippen LogP contribution in [0.1, 0.15) is 25.0 Å². The molecular formula is C14H14F2N2O3. The van der Waals surface area contributed by atoms with Gasteiger partial charge in [-0.15, -0.1) is 9.94 Å². The van der Waals surface area contributed by atoms with E-state index in [-0.39, 0.29) is 11.1 Å². The predicted molar refractivity (Wildman–Crippen MR) is 69.8 cm³/mol. The summed E-state index contributed by atoms with van der Waals surface area (Å²) in [6, 6.07) is 6.56. The van der Waals surface area contributed by atoms with Gasteiger partial charge in [0.05, 0.1) is 12.4 Å². The average molecular weight is 296 g/mol. The van der Waals surface area contributed by atoms with Gasteiger partial charge in [-0.2, -0.15) is 0 Å². The lowest BCUT2D eigenvalue weighted by Gasteiger charge is -2.25. The van der Waals surface area contributed by atoms with E-state index in [4.69, 9.17) is 4.84 Å². The van der Waals surface area contributed by atoms with Crippen LogP contribution in [0.25, 0.3) is 0 Å². The van der Waals surface area contributed by atoms with Crippen LogP contribution in [0.3, 0.4) is 0 Å². The number of aromatic nitrogens is 2. The molecule has 0 spiro atoms. The number of halogens is 2. The number of alkyl halides is 2. The summed E-state index contributed by atoms with van der Waals surface area (Å²) in [6.45, 7) is 2.11. The van der Waals surface area contributed by atoms with Gasteiger partial charge < -0.3 is 9.94 Å². The topological polar surface area (TPSA) is 64.4 Å². The molecule has 0 saturated heterocycles. The number of hydrogen-bond acceptors (Lipinski definition) is 3. The molecule has 21 heavy (non-hydrogen) atoms. The Morgan fingerprint density at radius 2 is 1.81 bits per heavy atom. The maximum atomic E-state index is 13.2. The first-order valence-corrected chi connectivity index (χ1v) is 6.15. The van der Waals surface area contributed by atoms with E-state index < -0.39 is 17.5 Å².